The van der Waals surface area contributed by atoms with Gasteiger partial charge in [0.1, 0.15) is 5.75 Å². The number of para-hydroxylation sites is 1. The van der Waals surface area contributed by atoms with Gasteiger partial charge in [-0.25, -0.2) is 0 Å². The Balaban J connectivity index is 2.13. The maximum absolute atomic E-state index is 11.5. The number of carbonyl (C=O) groups excluding carboxylic acids is 1. The molecule has 0 aliphatic rings. The van der Waals surface area contributed by atoms with E-state index < -0.39 is 0 Å². The molecule has 0 saturated carbocycles. The summed E-state index contributed by atoms with van der Waals surface area (Å²) in [5, 5.41) is 9.27. The number of rotatable bonds is 6. The molecule has 0 unspecified atom stereocenters. The minimum atomic E-state index is -0.312. The van der Waals surface area contributed by atoms with Gasteiger partial charge in [-0.1, -0.05) is 36.0 Å². The molecule has 1 heterocycles. The summed E-state index contributed by atoms with van der Waals surface area (Å²) in [6.07, 6.45) is 0. The average molecular weight is 369 g/mol. The fourth-order valence-electron chi connectivity index (χ4n) is 2.55. The number of methoxy groups -OCH3 is 2. The van der Waals surface area contributed by atoms with E-state index in [-0.39, 0.29) is 11.7 Å². The Kier molecular flexibility index (Phi) is 5.58. The predicted octanol–water partition coefficient (Wildman–Crippen LogP) is 3.52. The lowest BCUT2D eigenvalue weighted by molar-refractivity contribution is -0.137. The van der Waals surface area contributed by atoms with E-state index in [0.717, 1.165) is 16.8 Å². The zero-order valence-corrected chi connectivity index (χ0v) is 15.6. The van der Waals surface area contributed by atoms with E-state index in [1.807, 2.05) is 60.0 Å². The fourth-order valence-corrected chi connectivity index (χ4v) is 3.33. The van der Waals surface area contributed by atoms with Gasteiger partial charge in [-0.2, -0.15) is 0 Å². The summed E-state index contributed by atoms with van der Waals surface area (Å²) in [4.78, 5) is 11.5. The van der Waals surface area contributed by atoms with Gasteiger partial charge >= 0.3 is 5.97 Å². The Labute approximate surface area is 156 Å². The highest BCUT2D eigenvalue weighted by Crippen LogP contribution is 2.33. The van der Waals surface area contributed by atoms with Crippen LogP contribution < -0.4 is 4.74 Å². The summed E-state index contributed by atoms with van der Waals surface area (Å²) in [5.41, 5.74) is 2.86. The maximum Gasteiger partial charge on any atom is 0.316 e. The molecule has 2 aromatic carbocycles. The number of ether oxygens (including phenoxy) is 2. The van der Waals surface area contributed by atoms with Gasteiger partial charge in [-0.3, -0.25) is 9.36 Å². The van der Waals surface area contributed by atoms with Gasteiger partial charge in [0.2, 0.25) is 0 Å². The van der Waals surface area contributed by atoms with Crippen molar-refractivity contribution in [1.82, 2.24) is 14.8 Å². The first-order valence-corrected chi connectivity index (χ1v) is 8.98. The van der Waals surface area contributed by atoms with Gasteiger partial charge in [-0.15, -0.1) is 10.2 Å². The first-order valence-electron chi connectivity index (χ1n) is 7.99. The zero-order valence-electron chi connectivity index (χ0n) is 14.8. The van der Waals surface area contributed by atoms with E-state index in [0.29, 0.717) is 16.7 Å². The number of aryl methyl sites for hydroxylation is 1. The van der Waals surface area contributed by atoms with E-state index in [1.165, 1.54) is 18.9 Å². The minimum Gasteiger partial charge on any atom is -0.496 e. The van der Waals surface area contributed by atoms with Crippen LogP contribution in [0.4, 0.5) is 0 Å². The molecule has 0 aliphatic heterocycles. The molecule has 0 spiro atoms. The van der Waals surface area contributed by atoms with Crippen LogP contribution >= 0.6 is 11.8 Å². The summed E-state index contributed by atoms with van der Waals surface area (Å²) >= 11 is 1.28. The van der Waals surface area contributed by atoms with E-state index in [9.17, 15) is 4.79 Å². The van der Waals surface area contributed by atoms with Crippen LogP contribution in [0.1, 0.15) is 5.56 Å². The van der Waals surface area contributed by atoms with Crippen molar-refractivity contribution in [1.29, 1.82) is 0 Å². The lowest BCUT2D eigenvalue weighted by Gasteiger charge is -2.12. The molecule has 6 nitrogen and oxygen atoms in total. The number of hydrogen-bond donors (Lipinski definition) is 0. The first kappa shape index (κ1) is 18.0. The van der Waals surface area contributed by atoms with Crippen molar-refractivity contribution < 1.29 is 14.3 Å². The molecule has 3 rings (SSSR count). The standard InChI is InChI=1S/C19H19N3O3S/c1-13-7-6-8-14(11-13)22-18(15-9-4-5-10-16(15)24-2)20-21-19(22)26-12-17(23)25-3/h4-11H,12H2,1-3H3. The summed E-state index contributed by atoms with van der Waals surface area (Å²) in [6, 6.07) is 15.7. The maximum atomic E-state index is 11.5. The Morgan fingerprint density at radius 2 is 1.92 bits per heavy atom. The van der Waals surface area contributed by atoms with Gasteiger partial charge in [0.15, 0.2) is 11.0 Å². The van der Waals surface area contributed by atoms with Gasteiger partial charge in [0.25, 0.3) is 0 Å². The number of hydrogen-bond acceptors (Lipinski definition) is 6. The lowest BCUT2D eigenvalue weighted by atomic mass is 10.1. The molecule has 0 atom stereocenters. The third kappa shape index (κ3) is 3.72. The van der Waals surface area contributed by atoms with Crippen LogP contribution in [0, 0.1) is 6.92 Å². The van der Waals surface area contributed by atoms with Crippen LogP contribution in [0.25, 0.3) is 17.1 Å². The largest absolute Gasteiger partial charge is 0.496 e. The molecule has 0 fully saturated rings. The van der Waals surface area contributed by atoms with Crippen LogP contribution in [0.3, 0.4) is 0 Å². The van der Waals surface area contributed by atoms with E-state index >= 15 is 0 Å². The molecule has 3 aromatic rings. The molecule has 1 aromatic heterocycles. The Morgan fingerprint density at radius 3 is 2.65 bits per heavy atom. The van der Waals surface area contributed by atoms with Crippen LogP contribution in [-0.2, 0) is 9.53 Å². The molecule has 134 valence electrons. The van der Waals surface area contributed by atoms with Gasteiger partial charge < -0.3 is 9.47 Å². The SMILES string of the molecule is COC(=O)CSc1nnc(-c2ccccc2OC)n1-c1cccc(C)c1. The van der Waals surface area contributed by atoms with Crippen LogP contribution in [-0.4, -0.2) is 40.7 Å². The predicted molar refractivity (Wildman–Crippen MR) is 101 cm³/mol. The number of thioether (sulfide) groups is 1. The highest BCUT2D eigenvalue weighted by atomic mass is 32.2. The molecule has 0 amide bonds. The van der Waals surface area contributed by atoms with Crippen molar-refractivity contribution in [2.24, 2.45) is 0 Å². The molecule has 0 radical (unpaired) electrons. The first-order chi connectivity index (χ1) is 12.6. The van der Waals surface area contributed by atoms with Crippen LogP contribution in [0.2, 0.25) is 0 Å². The van der Waals surface area contributed by atoms with E-state index in [4.69, 9.17) is 9.47 Å². The zero-order chi connectivity index (χ0) is 18.5. The van der Waals surface area contributed by atoms with Crippen molar-refractivity contribution in [2.45, 2.75) is 12.1 Å². The van der Waals surface area contributed by atoms with Gasteiger partial charge in [0, 0.05) is 5.69 Å². The molecule has 7 heteroatoms. The van der Waals surface area contributed by atoms with Crippen molar-refractivity contribution in [3.8, 4) is 22.8 Å². The van der Waals surface area contributed by atoms with Gasteiger partial charge in [0.05, 0.1) is 25.5 Å². The summed E-state index contributed by atoms with van der Waals surface area (Å²) in [5.74, 6) is 1.21. The quantitative estimate of drug-likeness (QED) is 0.489. The fraction of sp³-hybridized carbons (Fsp3) is 0.211. The molecular weight excluding hydrogens is 350 g/mol. The smallest absolute Gasteiger partial charge is 0.316 e. The van der Waals surface area contributed by atoms with E-state index in [1.54, 1.807) is 7.11 Å². The molecule has 0 aliphatic carbocycles. The average Bonchev–Trinajstić information content (AvgIpc) is 3.09. The third-order valence-electron chi connectivity index (χ3n) is 3.79. The van der Waals surface area contributed by atoms with Crippen LogP contribution in [0.15, 0.2) is 53.7 Å². The topological polar surface area (TPSA) is 66.2 Å². The second-order valence-corrected chi connectivity index (χ2v) is 6.49. The molecule has 0 bridgehead atoms. The van der Waals surface area contributed by atoms with Crippen molar-refractivity contribution in [3.05, 3.63) is 54.1 Å². The summed E-state index contributed by atoms with van der Waals surface area (Å²) < 4.78 is 12.1. The minimum absolute atomic E-state index is 0.159. The normalized spacial score (nSPS) is 10.6. The molecular formula is C19H19N3O3S. The molecule has 0 N–H and O–H groups in total. The molecule has 26 heavy (non-hydrogen) atoms. The van der Waals surface area contributed by atoms with Crippen molar-refractivity contribution in [2.75, 3.05) is 20.0 Å². The number of benzene rings is 2. The number of nitrogens with zero attached hydrogens (tertiary/aromatic N) is 3. The number of aromatic nitrogens is 3. The van der Waals surface area contributed by atoms with Crippen molar-refractivity contribution >= 4 is 17.7 Å². The molecule has 0 saturated heterocycles. The van der Waals surface area contributed by atoms with Gasteiger partial charge in [-0.05, 0) is 36.8 Å². The lowest BCUT2D eigenvalue weighted by Crippen LogP contribution is -2.06. The Hall–Kier alpha value is -2.80. The van der Waals surface area contributed by atoms with E-state index in [2.05, 4.69) is 10.2 Å². The van der Waals surface area contributed by atoms with Crippen molar-refractivity contribution in [3.63, 3.8) is 0 Å². The summed E-state index contributed by atoms with van der Waals surface area (Å²) in [6.45, 7) is 2.03. The van der Waals surface area contributed by atoms with Crippen LogP contribution in [0.5, 0.6) is 5.75 Å². The Bertz CT molecular complexity index is 924. The number of esters is 1. The monoisotopic (exact) mass is 369 g/mol. The number of carbonyl (C=O) groups is 1. The highest BCUT2D eigenvalue weighted by molar-refractivity contribution is 7.99. The Morgan fingerprint density at radius 1 is 1.12 bits per heavy atom. The second-order valence-electron chi connectivity index (χ2n) is 5.55. The third-order valence-corrected chi connectivity index (χ3v) is 4.69. The summed E-state index contributed by atoms with van der Waals surface area (Å²) in [7, 11) is 2.99. The second kappa shape index (κ2) is 8.05. The highest BCUT2D eigenvalue weighted by Gasteiger charge is 2.19.